The van der Waals surface area contributed by atoms with Crippen LogP contribution < -0.4 is 9.46 Å². The number of hydrogen-bond donors (Lipinski definition) is 1. The van der Waals surface area contributed by atoms with Crippen LogP contribution in [0.4, 0.5) is 14.9 Å². The Morgan fingerprint density at radius 1 is 1.16 bits per heavy atom. The fourth-order valence-electron chi connectivity index (χ4n) is 3.11. The molecule has 0 saturated carbocycles. The number of sulfonamides is 1. The van der Waals surface area contributed by atoms with Crippen molar-refractivity contribution in [1.29, 1.82) is 0 Å². The molecule has 1 atom stereocenters. The summed E-state index contributed by atoms with van der Waals surface area (Å²) in [6, 6.07) is 10.4. The van der Waals surface area contributed by atoms with E-state index < -0.39 is 33.6 Å². The van der Waals surface area contributed by atoms with Crippen molar-refractivity contribution >= 4 is 21.8 Å². The summed E-state index contributed by atoms with van der Waals surface area (Å²) in [6.07, 6.45) is -0.489. The van der Waals surface area contributed by atoms with Crippen LogP contribution in [0.25, 0.3) is 0 Å². The number of halogens is 1. The molecule has 0 radical (unpaired) electrons. The predicted octanol–water partition coefficient (Wildman–Crippen LogP) is 4.32. The van der Waals surface area contributed by atoms with Crippen LogP contribution in [-0.2, 0) is 14.8 Å². The summed E-state index contributed by atoms with van der Waals surface area (Å²) in [6.45, 7) is 7.80. The lowest BCUT2D eigenvalue weighted by Crippen LogP contribution is -2.36. The van der Waals surface area contributed by atoms with E-state index in [2.05, 4.69) is 4.72 Å². The number of likely N-dealkylation sites (tertiary alicyclic amines) is 1. The third kappa shape index (κ3) is 5.88. The van der Waals surface area contributed by atoms with E-state index in [0.29, 0.717) is 13.0 Å². The van der Waals surface area contributed by atoms with E-state index in [1.54, 1.807) is 32.9 Å². The third-order valence-corrected chi connectivity index (χ3v) is 6.01. The highest BCUT2D eigenvalue weighted by molar-refractivity contribution is 7.92. The Morgan fingerprint density at radius 3 is 2.48 bits per heavy atom. The van der Waals surface area contributed by atoms with Crippen LogP contribution in [0.1, 0.15) is 32.8 Å². The second-order valence-corrected chi connectivity index (χ2v) is 10.2. The van der Waals surface area contributed by atoms with Crippen molar-refractivity contribution in [2.24, 2.45) is 0 Å². The monoisotopic (exact) mass is 450 g/mol. The molecule has 1 heterocycles. The molecule has 0 aliphatic carbocycles. The normalized spacial score (nSPS) is 16.8. The van der Waals surface area contributed by atoms with Gasteiger partial charge in [0.15, 0.2) is 11.6 Å². The second kappa shape index (κ2) is 8.74. The van der Waals surface area contributed by atoms with Gasteiger partial charge < -0.3 is 14.4 Å². The molecule has 1 unspecified atom stereocenters. The molecule has 0 aromatic heterocycles. The number of para-hydroxylation sites is 1. The Kier molecular flexibility index (Phi) is 6.45. The molecule has 31 heavy (non-hydrogen) atoms. The first kappa shape index (κ1) is 22.9. The highest BCUT2D eigenvalue weighted by atomic mass is 32.2. The zero-order chi connectivity index (χ0) is 22.8. The number of benzene rings is 2. The van der Waals surface area contributed by atoms with Crippen molar-refractivity contribution < 1.29 is 27.1 Å². The van der Waals surface area contributed by atoms with Gasteiger partial charge in [-0.05, 0) is 52.0 Å². The van der Waals surface area contributed by atoms with Gasteiger partial charge in [-0.2, -0.15) is 0 Å². The molecule has 1 fully saturated rings. The lowest BCUT2D eigenvalue weighted by Gasteiger charge is -2.24. The largest absolute Gasteiger partial charge is 0.483 e. The quantitative estimate of drug-likeness (QED) is 0.733. The summed E-state index contributed by atoms with van der Waals surface area (Å²) in [7, 11) is -3.93. The Morgan fingerprint density at radius 2 is 1.84 bits per heavy atom. The third-order valence-electron chi connectivity index (χ3n) is 4.62. The first-order valence-electron chi connectivity index (χ1n) is 9.97. The van der Waals surface area contributed by atoms with Crippen LogP contribution in [-0.4, -0.2) is 44.2 Å². The zero-order valence-corrected chi connectivity index (χ0v) is 18.8. The number of hydrogen-bond acceptors (Lipinski definition) is 5. The summed E-state index contributed by atoms with van der Waals surface area (Å²) in [5.41, 5.74) is 0.295. The molecule has 3 rings (SSSR count). The molecule has 7 nitrogen and oxygen atoms in total. The van der Waals surface area contributed by atoms with E-state index in [-0.39, 0.29) is 22.9 Å². The van der Waals surface area contributed by atoms with Gasteiger partial charge in [-0.3, -0.25) is 4.72 Å². The fourth-order valence-corrected chi connectivity index (χ4v) is 4.18. The van der Waals surface area contributed by atoms with Gasteiger partial charge in [-0.1, -0.05) is 23.8 Å². The van der Waals surface area contributed by atoms with Gasteiger partial charge >= 0.3 is 6.09 Å². The minimum atomic E-state index is -3.93. The highest BCUT2D eigenvalue weighted by Crippen LogP contribution is 2.32. The molecule has 0 spiro atoms. The number of amides is 1. The predicted molar refractivity (Wildman–Crippen MR) is 115 cm³/mol. The van der Waals surface area contributed by atoms with Gasteiger partial charge in [0.2, 0.25) is 0 Å². The van der Waals surface area contributed by atoms with Crippen LogP contribution in [0.5, 0.6) is 5.75 Å². The topological polar surface area (TPSA) is 84.9 Å². The number of anilines is 1. The summed E-state index contributed by atoms with van der Waals surface area (Å²) >= 11 is 0. The average molecular weight is 451 g/mol. The summed E-state index contributed by atoms with van der Waals surface area (Å²) in [4.78, 5) is 13.8. The average Bonchev–Trinajstić information content (AvgIpc) is 3.12. The lowest BCUT2D eigenvalue weighted by atomic mass is 10.2. The summed E-state index contributed by atoms with van der Waals surface area (Å²) < 4.78 is 53.6. The molecule has 9 heteroatoms. The Balaban J connectivity index is 1.75. The first-order valence-corrected chi connectivity index (χ1v) is 11.5. The van der Waals surface area contributed by atoms with Gasteiger partial charge in [-0.25, -0.2) is 17.6 Å². The van der Waals surface area contributed by atoms with Crippen LogP contribution in [0.3, 0.4) is 0 Å². The highest BCUT2D eigenvalue weighted by Gasteiger charge is 2.32. The number of carbonyl (C=O) groups is 1. The molecule has 2 aromatic rings. The van der Waals surface area contributed by atoms with E-state index in [1.165, 1.54) is 35.2 Å². The van der Waals surface area contributed by atoms with Gasteiger partial charge in [-0.15, -0.1) is 0 Å². The van der Waals surface area contributed by atoms with Gasteiger partial charge in [0, 0.05) is 13.0 Å². The smallest absolute Gasteiger partial charge is 0.410 e. The first-order chi connectivity index (χ1) is 14.4. The van der Waals surface area contributed by atoms with Crippen molar-refractivity contribution in [1.82, 2.24) is 4.90 Å². The number of aryl methyl sites for hydroxylation is 1. The van der Waals surface area contributed by atoms with E-state index in [1.807, 2.05) is 6.92 Å². The van der Waals surface area contributed by atoms with Crippen LogP contribution in [0, 0.1) is 12.7 Å². The Labute approximate surface area is 182 Å². The molecule has 1 saturated heterocycles. The molecular formula is C22H27FN2O5S. The molecule has 1 aliphatic rings. The van der Waals surface area contributed by atoms with Crippen LogP contribution in [0.15, 0.2) is 47.4 Å². The van der Waals surface area contributed by atoms with Crippen molar-refractivity contribution in [2.75, 3.05) is 17.8 Å². The molecule has 1 aliphatic heterocycles. The molecule has 0 bridgehead atoms. The molecule has 1 amide bonds. The van der Waals surface area contributed by atoms with Crippen molar-refractivity contribution in [3.05, 3.63) is 53.8 Å². The minimum absolute atomic E-state index is 0.00343. The number of nitrogens with one attached hydrogen (secondary N) is 1. The van der Waals surface area contributed by atoms with Crippen molar-refractivity contribution in [3.8, 4) is 5.75 Å². The Hall–Kier alpha value is -2.81. The van der Waals surface area contributed by atoms with Crippen LogP contribution in [0.2, 0.25) is 0 Å². The summed E-state index contributed by atoms with van der Waals surface area (Å²) in [5, 5.41) is 0. The molecule has 2 aromatic carbocycles. The maximum atomic E-state index is 14.5. The van der Waals surface area contributed by atoms with Crippen molar-refractivity contribution in [3.63, 3.8) is 0 Å². The number of nitrogens with zero attached hydrogens (tertiary/aromatic N) is 1. The maximum absolute atomic E-state index is 14.5. The van der Waals surface area contributed by atoms with Crippen molar-refractivity contribution in [2.45, 2.75) is 50.7 Å². The van der Waals surface area contributed by atoms with Gasteiger partial charge in [0.05, 0.1) is 17.1 Å². The lowest BCUT2D eigenvalue weighted by molar-refractivity contribution is 0.0275. The Bertz CT molecular complexity index is 1050. The SMILES string of the molecule is Cc1ccc(S(=O)(=O)Nc2cccc(F)c2OC2CCN(C(=O)OC(C)(C)C)C2)cc1. The summed E-state index contributed by atoms with van der Waals surface area (Å²) in [5.74, 6) is -0.894. The zero-order valence-electron chi connectivity index (χ0n) is 18.0. The minimum Gasteiger partial charge on any atom is -0.483 e. The van der Waals surface area contributed by atoms with Gasteiger partial charge in [0.25, 0.3) is 10.0 Å². The molecular weight excluding hydrogens is 423 g/mol. The van der Waals surface area contributed by atoms with E-state index in [9.17, 15) is 17.6 Å². The van der Waals surface area contributed by atoms with Gasteiger partial charge in [0.1, 0.15) is 11.7 Å². The number of rotatable bonds is 5. The molecule has 168 valence electrons. The van der Waals surface area contributed by atoms with Crippen LogP contribution >= 0.6 is 0 Å². The van der Waals surface area contributed by atoms with E-state index in [0.717, 1.165) is 5.56 Å². The number of ether oxygens (including phenoxy) is 2. The standard InChI is InChI=1S/C22H27FN2O5S/c1-15-8-10-17(11-9-15)31(27,28)24-19-7-5-6-18(23)20(19)29-16-12-13-25(14-16)21(26)30-22(2,3)4/h5-11,16,24H,12-14H2,1-4H3. The maximum Gasteiger partial charge on any atom is 0.410 e. The van der Waals surface area contributed by atoms with E-state index >= 15 is 0 Å². The van der Waals surface area contributed by atoms with E-state index in [4.69, 9.17) is 9.47 Å². The fraction of sp³-hybridized carbons (Fsp3) is 0.409. The second-order valence-electron chi connectivity index (χ2n) is 8.49. The molecule has 1 N–H and O–H groups in total. The number of carbonyl (C=O) groups excluding carboxylic acids is 1.